The number of carbonyl (C=O) groups excluding carboxylic acids is 3. The molecular weight excluding hydrogens is 324 g/mol. The Balaban J connectivity index is 2.54. The first-order chi connectivity index (χ1) is 9.28. The number of hydrogen-bond donors (Lipinski definition) is 1. The number of rotatable bonds is 2. The van der Waals surface area contributed by atoms with Crippen LogP contribution in [0.2, 0.25) is 0 Å². The van der Waals surface area contributed by atoms with Crippen LogP contribution in [0.25, 0.3) is 0 Å². The van der Waals surface area contributed by atoms with Crippen molar-refractivity contribution in [2.45, 2.75) is 27.2 Å². The van der Waals surface area contributed by atoms with E-state index in [4.69, 9.17) is 0 Å². The van der Waals surface area contributed by atoms with E-state index in [0.717, 1.165) is 14.9 Å². The van der Waals surface area contributed by atoms with Crippen molar-refractivity contribution in [2.75, 3.05) is 4.90 Å². The van der Waals surface area contributed by atoms with E-state index in [2.05, 4.69) is 21.2 Å². The summed E-state index contributed by atoms with van der Waals surface area (Å²) in [5.41, 5.74) is 0.109. The van der Waals surface area contributed by atoms with Crippen molar-refractivity contribution in [2.24, 2.45) is 5.41 Å². The van der Waals surface area contributed by atoms with Crippen LogP contribution in [-0.2, 0) is 16.0 Å². The summed E-state index contributed by atoms with van der Waals surface area (Å²) in [6, 6.07) is 4.63. The first kappa shape index (κ1) is 14.7. The molecule has 0 aromatic heterocycles. The zero-order valence-electron chi connectivity index (χ0n) is 11.5. The molecule has 1 saturated heterocycles. The molecule has 1 aliphatic rings. The van der Waals surface area contributed by atoms with Crippen LogP contribution in [0.5, 0.6) is 0 Å². The van der Waals surface area contributed by atoms with Gasteiger partial charge in [-0.2, -0.15) is 0 Å². The van der Waals surface area contributed by atoms with Crippen LogP contribution in [0.15, 0.2) is 22.7 Å². The number of carbonyl (C=O) groups is 3. The summed E-state index contributed by atoms with van der Waals surface area (Å²) in [6.45, 7) is 4.96. The Morgan fingerprint density at radius 1 is 1.25 bits per heavy atom. The van der Waals surface area contributed by atoms with Crippen molar-refractivity contribution in [3.05, 3.63) is 28.2 Å². The van der Waals surface area contributed by atoms with Crippen LogP contribution in [-0.4, -0.2) is 17.8 Å². The predicted octanol–water partition coefficient (Wildman–Crippen LogP) is 2.62. The normalized spacial score (nSPS) is 18.2. The summed E-state index contributed by atoms with van der Waals surface area (Å²) in [7, 11) is 0. The van der Waals surface area contributed by atoms with Gasteiger partial charge in [0, 0.05) is 4.47 Å². The van der Waals surface area contributed by atoms with Crippen molar-refractivity contribution in [3.8, 4) is 0 Å². The standard InChI is InChI=1S/C14H15BrN2O3/c1-4-8-7-9(15)5-6-10(8)17-12(19)14(2,3)11(18)16-13(17)20/h5-7H,4H2,1-3H3,(H,16,18,20). The molecule has 0 bridgehead atoms. The Hall–Kier alpha value is -1.69. The van der Waals surface area contributed by atoms with E-state index in [1.165, 1.54) is 13.8 Å². The van der Waals surface area contributed by atoms with Gasteiger partial charge in [-0.3, -0.25) is 14.9 Å². The number of halogens is 1. The van der Waals surface area contributed by atoms with Gasteiger partial charge in [-0.25, -0.2) is 9.69 Å². The highest BCUT2D eigenvalue weighted by atomic mass is 79.9. The van der Waals surface area contributed by atoms with Gasteiger partial charge < -0.3 is 0 Å². The number of imide groups is 2. The van der Waals surface area contributed by atoms with Gasteiger partial charge in [0.2, 0.25) is 11.8 Å². The lowest BCUT2D eigenvalue weighted by Crippen LogP contribution is -2.62. The smallest absolute Gasteiger partial charge is 0.276 e. The summed E-state index contributed by atoms with van der Waals surface area (Å²) in [5, 5.41) is 2.23. The van der Waals surface area contributed by atoms with Gasteiger partial charge in [0.05, 0.1) is 5.69 Å². The molecule has 1 aromatic carbocycles. The molecule has 1 aromatic rings. The van der Waals surface area contributed by atoms with Crippen molar-refractivity contribution in [1.29, 1.82) is 0 Å². The zero-order chi connectivity index (χ0) is 15.1. The monoisotopic (exact) mass is 338 g/mol. The van der Waals surface area contributed by atoms with Crippen LogP contribution >= 0.6 is 15.9 Å². The molecule has 0 radical (unpaired) electrons. The van der Waals surface area contributed by atoms with Crippen molar-refractivity contribution in [3.63, 3.8) is 0 Å². The average molecular weight is 339 g/mol. The Kier molecular flexibility index (Phi) is 3.69. The highest BCUT2D eigenvalue weighted by Crippen LogP contribution is 2.31. The predicted molar refractivity (Wildman–Crippen MR) is 78.3 cm³/mol. The molecule has 1 N–H and O–H groups in total. The SMILES string of the molecule is CCc1cc(Br)ccc1N1C(=O)NC(=O)C(C)(C)C1=O. The first-order valence-corrected chi connectivity index (χ1v) is 7.06. The minimum Gasteiger partial charge on any atom is -0.276 e. The Bertz CT molecular complexity index is 610. The number of anilines is 1. The van der Waals surface area contributed by atoms with Crippen molar-refractivity contribution in [1.82, 2.24) is 5.32 Å². The van der Waals surface area contributed by atoms with Crippen molar-refractivity contribution < 1.29 is 14.4 Å². The number of nitrogens with one attached hydrogen (secondary N) is 1. The number of hydrogen-bond acceptors (Lipinski definition) is 3. The summed E-state index contributed by atoms with van der Waals surface area (Å²) >= 11 is 3.37. The number of benzene rings is 1. The Morgan fingerprint density at radius 2 is 1.90 bits per heavy atom. The largest absolute Gasteiger partial charge is 0.335 e. The average Bonchev–Trinajstić information content (AvgIpc) is 2.38. The molecule has 0 atom stereocenters. The third-order valence-corrected chi connectivity index (χ3v) is 3.89. The minimum atomic E-state index is -1.26. The molecule has 5 nitrogen and oxygen atoms in total. The molecule has 1 fully saturated rings. The fraction of sp³-hybridized carbons (Fsp3) is 0.357. The minimum absolute atomic E-state index is 0.511. The number of aryl methyl sites for hydroxylation is 1. The van der Waals surface area contributed by atoms with Gasteiger partial charge in [0.25, 0.3) is 0 Å². The molecule has 0 saturated carbocycles. The van der Waals surface area contributed by atoms with Gasteiger partial charge >= 0.3 is 6.03 Å². The summed E-state index contributed by atoms with van der Waals surface area (Å²) in [4.78, 5) is 37.3. The molecule has 1 heterocycles. The molecule has 106 valence electrons. The second kappa shape index (κ2) is 5.01. The maximum absolute atomic E-state index is 12.5. The van der Waals surface area contributed by atoms with Gasteiger partial charge in [-0.05, 0) is 44.0 Å². The van der Waals surface area contributed by atoms with E-state index in [0.29, 0.717) is 12.1 Å². The molecule has 0 unspecified atom stereocenters. The lowest BCUT2D eigenvalue weighted by atomic mass is 9.88. The molecular formula is C14H15BrN2O3. The van der Waals surface area contributed by atoms with E-state index < -0.39 is 23.3 Å². The fourth-order valence-electron chi connectivity index (χ4n) is 2.05. The fourth-order valence-corrected chi connectivity index (χ4v) is 2.46. The Morgan fingerprint density at radius 3 is 2.50 bits per heavy atom. The topological polar surface area (TPSA) is 66.5 Å². The number of barbiturate groups is 1. The lowest BCUT2D eigenvalue weighted by molar-refractivity contribution is -0.140. The first-order valence-electron chi connectivity index (χ1n) is 6.27. The summed E-state index contributed by atoms with van der Waals surface area (Å²) in [5.74, 6) is -1.08. The van der Waals surface area contributed by atoms with Crippen LogP contribution in [0.3, 0.4) is 0 Å². The van der Waals surface area contributed by atoms with E-state index in [1.54, 1.807) is 12.1 Å². The molecule has 2 rings (SSSR count). The molecule has 20 heavy (non-hydrogen) atoms. The molecule has 0 aliphatic carbocycles. The number of urea groups is 1. The number of nitrogens with zero attached hydrogens (tertiary/aromatic N) is 1. The van der Waals surface area contributed by atoms with Gasteiger partial charge in [-0.15, -0.1) is 0 Å². The summed E-state index contributed by atoms with van der Waals surface area (Å²) in [6.07, 6.45) is 0.667. The van der Waals surface area contributed by atoms with Gasteiger partial charge in [-0.1, -0.05) is 22.9 Å². The van der Waals surface area contributed by atoms with E-state index >= 15 is 0 Å². The van der Waals surface area contributed by atoms with Crippen LogP contribution in [0, 0.1) is 5.41 Å². The quantitative estimate of drug-likeness (QED) is 0.843. The highest BCUT2D eigenvalue weighted by molar-refractivity contribution is 9.10. The third kappa shape index (κ3) is 2.24. The zero-order valence-corrected chi connectivity index (χ0v) is 13.1. The third-order valence-electron chi connectivity index (χ3n) is 3.39. The number of amides is 4. The van der Waals surface area contributed by atoms with Gasteiger partial charge in [0.15, 0.2) is 0 Å². The molecule has 4 amide bonds. The maximum Gasteiger partial charge on any atom is 0.335 e. The molecule has 0 spiro atoms. The van der Waals surface area contributed by atoms with Gasteiger partial charge in [0.1, 0.15) is 5.41 Å². The van der Waals surface area contributed by atoms with E-state index in [-0.39, 0.29) is 0 Å². The van der Waals surface area contributed by atoms with Crippen molar-refractivity contribution >= 4 is 39.5 Å². The van der Waals surface area contributed by atoms with Crippen LogP contribution < -0.4 is 10.2 Å². The van der Waals surface area contributed by atoms with E-state index in [9.17, 15) is 14.4 Å². The lowest BCUT2D eigenvalue weighted by Gasteiger charge is -2.35. The van der Waals surface area contributed by atoms with E-state index in [1.807, 2.05) is 13.0 Å². The second-order valence-corrected chi connectivity index (χ2v) is 6.07. The van der Waals surface area contributed by atoms with Crippen LogP contribution in [0.4, 0.5) is 10.5 Å². The maximum atomic E-state index is 12.5. The molecule has 1 aliphatic heterocycles. The van der Waals surface area contributed by atoms with Crippen LogP contribution in [0.1, 0.15) is 26.3 Å². The highest BCUT2D eigenvalue weighted by Gasteiger charge is 2.47. The Labute approximate surface area is 125 Å². The second-order valence-electron chi connectivity index (χ2n) is 5.15. The summed E-state index contributed by atoms with van der Waals surface area (Å²) < 4.78 is 0.873. The molecule has 6 heteroatoms.